The molecule has 3 N–H and O–H groups in total. The zero-order valence-corrected chi connectivity index (χ0v) is 11.6. The highest BCUT2D eigenvalue weighted by molar-refractivity contribution is 5.85. The van der Waals surface area contributed by atoms with Gasteiger partial charge in [0.25, 0.3) is 0 Å². The molecule has 0 saturated heterocycles. The summed E-state index contributed by atoms with van der Waals surface area (Å²) in [7, 11) is 0. The number of hydrogen-bond acceptors (Lipinski definition) is 5. The first-order valence-corrected chi connectivity index (χ1v) is 6.63. The van der Waals surface area contributed by atoms with Gasteiger partial charge in [0, 0.05) is 36.9 Å². The van der Waals surface area contributed by atoms with Gasteiger partial charge in [-0.2, -0.15) is 5.10 Å². The third kappa shape index (κ3) is 3.40. The van der Waals surface area contributed by atoms with E-state index in [9.17, 15) is 8.78 Å². The Morgan fingerprint density at radius 1 is 1.45 bits per heavy atom. The van der Waals surface area contributed by atoms with E-state index in [-0.39, 0.29) is 30.5 Å². The van der Waals surface area contributed by atoms with Crippen molar-refractivity contribution < 1.29 is 8.78 Å². The van der Waals surface area contributed by atoms with Crippen molar-refractivity contribution in [3.8, 4) is 0 Å². The quantitative estimate of drug-likeness (QED) is 0.660. The van der Waals surface area contributed by atoms with Gasteiger partial charge < -0.3 is 5.73 Å². The van der Waals surface area contributed by atoms with E-state index in [1.165, 1.54) is 12.4 Å². The molecule has 0 radical (unpaired) electrons. The summed E-state index contributed by atoms with van der Waals surface area (Å²) < 4.78 is 27.0. The van der Waals surface area contributed by atoms with Crippen LogP contribution in [0, 0.1) is 11.8 Å². The normalized spacial score (nSPS) is 26.3. The van der Waals surface area contributed by atoms with Gasteiger partial charge >= 0.3 is 0 Å². The SMILES string of the molecule is C/C(=N\Nc1nccnc1N)C1CC(F)(F)CCC1C. The van der Waals surface area contributed by atoms with Crippen LogP contribution in [0.25, 0.3) is 0 Å². The summed E-state index contributed by atoms with van der Waals surface area (Å²) in [4.78, 5) is 7.86. The highest BCUT2D eigenvalue weighted by Gasteiger charge is 2.40. The van der Waals surface area contributed by atoms with Gasteiger partial charge in [0.05, 0.1) is 0 Å². The summed E-state index contributed by atoms with van der Waals surface area (Å²) >= 11 is 0. The fourth-order valence-electron chi connectivity index (χ4n) is 2.48. The summed E-state index contributed by atoms with van der Waals surface area (Å²) in [6.07, 6.45) is 3.28. The molecule has 2 unspecified atom stereocenters. The molecule has 0 spiro atoms. The van der Waals surface area contributed by atoms with E-state index in [2.05, 4.69) is 20.5 Å². The molecule has 2 atom stereocenters. The molecule has 2 rings (SSSR count). The van der Waals surface area contributed by atoms with Crippen LogP contribution < -0.4 is 11.2 Å². The number of nitrogens with one attached hydrogen (secondary N) is 1. The van der Waals surface area contributed by atoms with Gasteiger partial charge in [-0.05, 0) is 19.3 Å². The third-order valence-electron chi connectivity index (χ3n) is 3.77. The first-order valence-electron chi connectivity index (χ1n) is 6.63. The standard InChI is InChI=1S/C13H19F2N5/c1-8-3-4-13(14,15)7-10(8)9(2)19-20-12-11(16)17-5-6-18-12/h5-6,8,10H,3-4,7H2,1-2H3,(H2,16,17)(H,18,20)/b19-9+. The first-order chi connectivity index (χ1) is 9.39. The number of nitrogens with zero attached hydrogens (tertiary/aromatic N) is 3. The van der Waals surface area contributed by atoms with Crippen molar-refractivity contribution in [2.45, 2.75) is 39.0 Å². The number of rotatable bonds is 3. The number of anilines is 2. The van der Waals surface area contributed by atoms with E-state index in [0.717, 1.165) is 0 Å². The Kier molecular flexibility index (Phi) is 4.15. The van der Waals surface area contributed by atoms with Crippen LogP contribution >= 0.6 is 0 Å². The maximum atomic E-state index is 13.5. The molecular formula is C13H19F2N5. The average molecular weight is 283 g/mol. The Labute approximate surface area is 116 Å². The number of hydrogen-bond donors (Lipinski definition) is 2. The minimum Gasteiger partial charge on any atom is -0.381 e. The lowest BCUT2D eigenvalue weighted by molar-refractivity contribution is -0.0550. The third-order valence-corrected chi connectivity index (χ3v) is 3.77. The molecule has 20 heavy (non-hydrogen) atoms. The first kappa shape index (κ1) is 14.6. The predicted octanol–water partition coefficient (Wildman–Crippen LogP) is 2.92. The van der Waals surface area contributed by atoms with E-state index >= 15 is 0 Å². The fourth-order valence-corrected chi connectivity index (χ4v) is 2.48. The smallest absolute Gasteiger partial charge is 0.248 e. The lowest BCUT2D eigenvalue weighted by Crippen LogP contribution is -2.35. The van der Waals surface area contributed by atoms with Crippen molar-refractivity contribution >= 4 is 17.3 Å². The predicted molar refractivity (Wildman–Crippen MR) is 74.6 cm³/mol. The Morgan fingerprint density at radius 2 is 2.15 bits per heavy atom. The van der Waals surface area contributed by atoms with Crippen molar-refractivity contribution in [3.05, 3.63) is 12.4 Å². The number of alkyl halides is 2. The largest absolute Gasteiger partial charge is 0.381 e. The molecule has 0 amide bonds. The van der Waals surface area contributed by atoms with Crippen LogP contribution in [0.5, 0.6) is 0 Å². The molecule has 1 aliphatic rings. The van der Waals surface area contributed by atoms with Crippen LogP contribution in [-0.4, -0.2) is 21.6 Å². The van der Waals surface area contributed by atoms with Crippen LogP contribution in [-0.2, 0) is 0 Å². The average Bonchev–Trinajstić information content (AvgIpc) is 2.40. The molecular weight excluding hydrogens is 264 g/mol. The van der Waals surface area contributed by atoms with Crippen molar-refractivity contribution in [1.82, 2.24) is 9.97 Å². The Balaban J connectivity index is 2.08. The van der Waals surface area contributed by atoms with Crippen LogP contribution in [0.15, 0.2) is 17.5 Å². The summed E-state index contributed by atoms with van der Waals surface area (Å²) in [5.41, 5.74) is 8.97. The molecule has 1 aromatic heterocycles. The molecule has 0 aliphatic heterocycles. The van der Waals surface area contributed by atoms with Crippen LogP contribution in [0.4, 0.5) is 20.4 Å². The molecule has 0 aromatic carbocycles. The summed E-state index contributed by atoms with van der Waals surface area (Å²) in [5.74, 6) is -2.07. The summed E-state index contributed by atoms with van der Waals surface area (Å²) in [6, 6.07) is 0. The lowest BCUT2D eigenvalue weighted by Gasteiger charge is -2.33. The molecule has 0 bridgehead atoms. The summed E-state index contributed by atoms with van der Waals surface area (Å²) in [6.45, 7) is 3.73. The topological polar surface area (TPSA) is 76.2 Å². The van der Waals surface area contributed by atoms with E-state index < -0.39 is 5.92 Å². The fraction of sp³-hybridized carbons (Fsp3) is 0.615. The second kappa shape index (κ2) is 5.68. The lowest BCUT2D eigenvalue weighted by atomic mass is 9.76. The molecule has 1 saturated carbocycles. The van der Waals surface area contributed by atoms with Gasteiger partial charge in [-0.1, -0.05) is 6.92 Å². The van der Waals surface area contributed by atoms with Gasteiger partial charge in [0.15, 0.2) is 11.6 Å². The number of halogens is 2. The van der Waals surface area contributed by atoms with Crippen molar-refractivity contribution in [1.29, 1.82) is 0 Å². The maximum absolute atomic E-state index is 13.5. The molecule has 7 heteroatoms. The van der Waals surface area contributed by atoms with Gasteiger partial charge in [0.1, 0.15) is 0 Å². The van der Waals surface area contributed by atoms with Crippen molar-refractivity contribution in [2.75, 3.05) is 11.2 Å². The second-order valence-electron chi connectivity index (χ2n) is 5.34. The van der Waals surface area contributed by atoms with Gasteiger partial charge in [0.2, 0.25) is 5.92 Å². The number of nitrogens with two attached hydrogens (primary N) is 1. The van der Waals surface area contributed by atoms with E-state index in [0.29, 0.717) is 18.0 Å². The van der Waals surface area contributed by atoms with E-state index in [1.807, 2.05) is 6.92 Å². The Bertz CT molecular complexity index is 503. The van der Waals surface area contributed by atoms with Crippen LogP contribution in [0.1, 0.15) is 33.1 Å². The van der Waals surface area contributed by atoms with Crippen LogP contribution in [0.2, 0.25) is 0 Å². The maximum Gasteiger partial charge on any atom is 0.248 e. The zero-order chi connectivity index (χ0) is 14.8. The highest BCUT2D eigenvalue weighted by Crippen LogP contribution is 2.40. The van der Waals surface area contributed by atoms with Gasteiger partial charge in [-0.3, -0.25) is 5.43 Å². The molecule has 5 nitrogen and oxygen atoms in total. The molecule has 1 aromatic rings. The number of hydrazone groups is 1. The van der Waals surface area contributed by atoms with Crippen LogP contribution in [0.3, 0.4) is 0 Å². The molecule has 1 fully saturated rings. The summed E-state index contributed by atoms with van der Waals surface area (Å²) in [5, 5.41) is 4.15. The molecule has 110 valence electrons. The Morgan fingerprint density at radius 3 is 2.85 bits per heavy atom. The zero-order valence-electron chi connectivity index (χ0n) is 11.6. The minimum atomic E-state index is -2.60. The monoisotopic (exact) mass is 283 g/mol. The minimum absolute atomic E-state index is 0.0392. The van der Waals surface area contributed by atoms with Crippen molar-refractivity contribution in [2.24, 2.45) is 16.9 Å². The number of aromatic nitrogens is 2. The van der Waals surface area contributed by atoms with Gasteiger partial charge in [-0.15, -0.1) is 0 Å². The number of nitrogen functional groups attached to an aromatic ring is 1. The van der Waals surface area contributed by atoms with E-state index in [1.54, 1.807) is 6.92 Å². The molecule has 1 aliphatic carbocycles. The van der Waals surface area contributed by atoms with E-state index in [4.69, 9.17) is 5.73 Å². The Hall–Kier alpha value is -1.79. The van der Waals surface area contributed by atoms with Gasteiger partial charge in [-0.25, -0.2) is 18.7 Å². The second-order valence-corrected chi connectivity index (χ2v) is 5.34. The van der Waals surface area contributed by atoms with Crippen molar-refractivity contribution in [3.63, 3.8) is 0 Å². The molecule has 1 heterocycles. The highest BCUT2D eigenvalue weighted by atomic mass is 19.3.